The molecule has 1 N–H and O–H groups in total. The van der Waals surface area contributed by atoms with Crippen molar-refractivity contribution in [3.63, 3.8) is 0 Å². The second-order valence-corrected chi connectivity index (χ2v) is 8.51. The number of benzene rings is 2. The highest BCUT2D eigenvalue weighted by Gasteiger charge is 2.44. The number of aromatic amines is 1. The Hall–Kier alpha value is -3.54. The van der Waals surface area contributed by atoms with E-state index < -0.39 is 5.54 Å². The van der Waals surface area contributed by atoms with Crippen LogP contribution in [0, 0.1) is 13.8 Å². The first-order valence-corrected chi connectivity index (χ1v) is 10.6. The number of H-pyrrole nitrogens is 1. The molecule has 0 radical (unpaired) electrons. The predicted molar refractivity (Wildman–Crippen MR) is 121 cm³/mol. The number of rotatable bonds is 3. The van der Waals surface area contributed by atoms with Gasteiger partial charge in [0, 0.05) is 24.5 Å². The number of nitrogens with one attached hydrogen (secondary N) is 1. The number of para-hydroxylation sites is 1. The number of aromatic nitrogens is 4. The van der Waals surface area contributed by atoms with E-state index in [2.05, 4.69) is 34.9 Å². The van der Waals surface area contributed by atoms with E-state index in [1.807, 2.05) is 42.2 Å². The molecule has 31 heavy (non-hydrogen) atoms. The molecule has 3 heterocycles. The van der Waals surface area contributed by atoms with Gasteiger partial charge >= 0.3 is 0 Å². The number of aryl methyl sites for hydroxylation is 2. The molecular formula is C25H25N5O. The first-order valence-electron chi connectivity index (χ1n) is 10.6. The van der Waals surface area contributed by atoms with E-state index in [1.54, 1.807) is 18.5 Å². The number of fused-ring (bicyclic) bond motifs is 1. The normalized spacial score (nSPS) is 18.6. The van der Waals surface area contributed by atoms with Crippen molar-refractivity contribution in [2.24, 2.45) is 0 Å². The molecule has 6 heteroatoms. The number of amides is 1. The Morgan fingerprint density at radius 1 is 1.10 bits per heavy atom. The van der Waals surface area contributed by atoms with E-state index in [4.69, 9.17) is 4.98 Å². The lowest BCUT2D eigenvalue weighted by molar-refractivity contribution is 0.0606. The van der Waals surface area contributed by atoms with E-state index in [1.165, 1.54) is 0 Å². The Labute approximate surface area is 181 Å². The smallest absolute Gasteiger partial charge is 0.255 e. The quantitative estimate of drug-likeness (QED) is 0.526. The summed E-state index contributed by atoms with van der Waals surface area (Å²) in [6, 6.07) is 13.8. The summed E-state index contributed by atoms with van der Waals surface area (Å²) in [4.78, 5) is 33.0. The number of carbonyl (C=O) groups is 1. The molecule has 1 fully saturated rings. The molecule has 1 aliphatic rings. The number of hydrogen-bond donors (Lipinski definition) is 1. The van der Waals surface area contributed by atoms with Crippen molar-refractivity contribution in [3.8, 4) is 11.4 Å². The van der Waals surface area contributed by atoms with Gasteiger partial charge in [0.15, 0.2) is 5.82 Å². The molecule has 4 aromatic rings. The summed E-state index contributed by atoms with van der Waals surface area (Å²) in [5.74, 6) is 1.39. The molecule has 0 aliphatic carbocycles. The van der Waals surface area contributed by atoms with Gasteiger partial charge in [-0.3, -0.25) is 4.79 Å². The standard InChI is InChI=1S/C25H25N5O/c1-16-9-10-18(22-26-12-6-13-27-22)19(15-16)23(31)30-14-5-11-25(30,3)24-28-20-8-4-7-17(2)21(20)29-24/h4,6-10,12-13,15H,5,11,14H2,1-3H3,(H,28,29)/t25-/m0/s1. The molecule has 0 bridgehead atoms. The average Bonchev–Trinajstić information content (AvgIpc) is 3.39. The summed E-state index contributed by atoms with van der Waals surface area (Å²) in [7, 11) is 0. The SMILES string of the molecule is Cc1ccc(-c2ncccn2)c(C(=O)N2CCC[C@@]2(C)c2nc3cccc(C)c3[nH]2)c1. The molecule has 1 saturated heterocycles. The molecule has 156 valence electrons. The third-order valence-electron chi connectivity index (χ3n) is 6.33. The van der Waals surface area contributed by atoms with Gasteiger partial charge < -0.3 is 9.88 Å². The van der Waals surface area contributed by atoms with Crippen molar-refractivity contribution in [1.29, 1.82) is 0 Å². The first kappa shape index (κ1) is 19.4. The molecule has 0 saturated carbocycles. The lowest BCUT2D eigenvalue weighted by Gasteiger charge is -2.34. The van der Waals surface area contributed by atoms with Crippen LogP contribution < -0.4 is 0 Å². The summed E-state index contributed by atoms with van der Waals surface area (Å²) in [6.07, 6.45) is 5.20. The van der Waals surface area contributed by atoms with Crippen molar-refractivity contribution in [2.75, 3.05) is 6.54 Å². The van der Waals surface area contributed by atoms with Gasteiger partial charge in [-0.1, -0.05) is 29.8 Å². The zero-order valence-corrected chi connectivity index (χ0v) is 18.0. The average molecular weight is 412 g/mol. The van der Waals surface area contributed by atoms with Crippen LogP contribution in [0.25, 0.3) is 22.4 Å². The predicted octanol–water partition coefficient (Wildman–Crippen LogP) is 4.79. The first-order chi connectivity index (χ1) is 15.0. The van der Waals surface area contributed by atoms with Gasteiger partial charge in [-0.15, -0.1) is 0 Å². The Morgan fingerprint density at radius 2 is 1.90 bits per heavy atom. The third kappa shape index (κ3) is 3.19. The van der Waals surface area contributed by atoms with Crippen LogP contribution in [0.5, 0.6) is 0 Å². The van der Waals surface area contributed by atoms with Crippen LogP contribution in [0.4, 0.5) is 0 Å². The monoisotopic (exact) mass is 411 g/mol. The fourth-order valence-corrected chi connectivity index (χ4v) is 4.58. The van der Waals surface area contributed by atoms with Gasteiger partial charge in [-0.05, 0) is 57.4 Å². The van der Waals surface area contributed by atoms with Gasteiger partial charge in [0.05, 0.1) is 22.1 Å². The van der Waals surface area contributed by atoms with E-state index in [0.29, 0.717) is 17.9 Å². The van der Waals surface area contributed by atoms with Gasteiger partial charge in [0.1, 0.15) is 5.82 Å². The van der Waals surface area contributed by atoms with Crippen LogP contribution in [-0.4, -0.2) is 37.3 Å². The Bertz CT molecular complexity index is 1280. The molecule has 6 nitrogen and oxygen atoms in total. The molecule has 1 atom stereocenters. The molecule has 1 amide bonds. The minimum atomic E-state index is -0.499. The van der Waals surface area contributed by atoms with Crippen molar-refractivity contribution < 1.29 is 4.79 Å². The van der Waals surface area contributed by atoms with Gasteiger partial charge in [0.25, 0.3) is 5.91 Å². The minimum Gasteiger partial charge on any atom is -0.340 e. The van der Waals surface area contributed by atoms with Crippen LogP contribution in [0.2, 0.25) is 0 Å². The Morgan fingerprint density at radius 3 is 2.68 bits per heavy atom. The van der Waals surface area contributed by atoms with E-state index in [-0.39, 0.29) is 5.91 Å². The zero-order valence-electron chi connectivity index (χ0n) is 18.0. The van der Waals surface area contributed by atoms with Crippen molar-refractivity contribution >= 4 is 16.9 Å². The highest BCUT2D eigenvalue weighted by Crippen LogP contribution is 2.40. The van der Waals surface area contributed by atoms with E-state index >= 15 is 0 Å². The van der Waals surface area contributed by atoms with Crippen molar-refractivity contribution in [1.82, 2.24) is 24.8 Å². The molecule has 0 unspecified atom stereocenters. The fourth-order valence-electron chi connectivity index (χ4n) is 4.58. The second-order valence-electron chi connectivity index (χ2n) is 8.51. The summed E-state index contributed by atoms with van der Waals surface area (Å²) >= 11 is 0. The highest BCUT2D eigenvalue weighted by atomic mass is 16.2. The molecule has 1 aliphatic heterocycles. The Balaban J connectivity index is 1.59. The molecule has 0 spiro atoms. The summed E-state index contributed by atoms with van der Waals surface area (Å²) in [5.41, 5.74) is 5.04. The lowest BCUT2D eigenvalue weighted by Crippen LogP contribution is -2.43. The lowest BCUT2D eigenvalue weighted by atomic mass is 9.95. The second kappa shape index (κ2) is 7.30. The summed E-state index contributed by atoms with van der Waals surface area (Å²) in [6.45, 7) is 6.87. The van der Waals surface area contributed by atoms with Gasteiger partial charge in [0.2, 0.25) is 0 Å². The van der Waals surface area contributed by atoms with Crippen LogP contribution >= 0.6 is 0 Å². The topological polar surface area (TPSA) is 74.8 Å². The number of imidazole rings is 1. The number of hydrogen-bond acceptors (Lipinski definition) is 4. The summed E-state index contributed by atoms with van der Waals surface area (Å²) in [5, 5.41) is 0. The number of likely N-dealkylation sites (tertiary alicyclic amines) is 1. The van der Waals surface area contributed by atoms with Crippen molar-refractivity contribution in [3.05, 3.63) is 77.4 Å². The molecule has 2 aromatic heterocycles. The number of carbonyl (C=O) groups excluding carboxylic acids is 1. The van der Waals surface area contributed by atoms with E-state index in [0.717, 1.165) is 46.4 Å². The minimum absolute atomic E-state index is 0.0108. The fraction of sp³-hybridized carbons (Fsp3) is 0.280. The maximum Gasteiger partial charge on any atom is 0.255 e. The molecule has 2 aromatic carbocycles. The molecule has 5 rings (SSSR count). The van der Waals surface area contributed by atoms with Crippen LogP contribution in [-0.2, 0) is 5.54 Å². The summed E-state index contributed by atoms with van der Waals surface area (Å²) < 4.78 is 0. The maximum absolute atomic E-state index is 13.9. The van der Waals surface area contributed by atoms with Crippen LogP contribution in [0.15, 0.2) is 54.9 Å². The number of nitrogens with zero attached hydrogens (tertiary/aromatic N) is 4. The van der Waals surface area contributed by atoms with Gasteiger partial charge in [-0.2, -0.15) is 0 Å². The molecular weight excluding hydrogens is 386 g/mol. The van der Waals surface area contributed by atoms with E-state index in [9.17, 15) is 4.79 Å². The Kier molecular flexibility index (Phi) is 4.58. The van der Waals surface area contributed by atoms with Gasteiger partial charge in [-0.25, -0.2) is 15.0 Å². The van der Waals surface area contributed by atoms with Crippen LogP contribution in [0.3, 0.4) is 0 Å². The van der Waals surface area contributed by atoms with Crippen LogP contribution in [0.1, 0.15) is 47.1 Å². The largest absolute Gasteiger partial charge is 0.340 e. The van der Waals surface area contributed by atoms with Crippen molar-refractivity contribution in [2.45, 2.75) is 39.2 Å². The zero-order chi connectivity index (χ0) is 21.6. The maximum atomic E-state index is 13.9. The third-order valence-corrected chi connectivity index (χ3v) is 6.33. The highest BCUT2D eigenvalue weighted by molar-refractivity contribution is 6.01.